The summed E-state index contributed by atoms with van der Waals surface area (Å²) < 4.78 is 30.9. The van der Waals surface area contributed by atoms with Gasteiger partial charge in [-0.25, -0.2) is 9.37 Å². The fourth-order valence-electron chi connectivity index (χ4n) is 3.37. The van der Waals surface area contributed by atoms with Gasteiger partial charge in [-0.15, -0.1) is 0 Å². The predicted molar refractivity (Wildman–Crippen MR) is 113 cm³/mol. The second-order valence-electron chi connectivity index (χ2n) is 6.87. The zero-order valence-electron chi connectivity index (χ0n) is 16.3. The van der Waals surface area contributed by atoms with Gasteiger partial charge in [0.1, 0.15) is 19.0 Å². The number of nitrogens with zero attached hydrogens (tertiary/aromatic N) is 1. The average Bonchev–Trinajstić information content (AvgIpc) is 3.29. The molecule has 0 fully saturated rings. The van der Waals surface area contributed by atoms with E-state index in [0.717, 1.165) is 0 Å². The second kappa shape index (κ2) is 7.95. The molecule has 0 spiro atoms. The van der Waals surface area contributed by atoms with E-state index in [4.69, 9.17) is 13.9 Å². The highest BCUT2D eigenvalue weighted by Crippen LogP contribution is 2.33. The van der Waals surface area contributed by atoms with E-state index in [1.807, 2.05) is 0 Å². The highest BCUT2D eigenvalue weighted by Gasteiger charge is 2.19. The van der Waals surface area contributed by atoms with Crippen molar-refractivity contribution in [2.24, 2.45) is 0 Å². The van der Waals surface area contributed by atoms with Crippen LogP contribution < -0.4 is 14.8 Å². The third-order valence-corrected chi connectivity index (χ3v) is 4.85. The summed E-state index contributed by atoms with van der Waals surface area (Å²) >= 11 is 0. The minimum absolute atomic E-state index is 0.228. The predicted octanol–water partition coefficient (Wildman–Crippen LogP) is 5.17. The van der Waals surface area contributed by atoms with Gasteiger partial charge in [0.05, 0.1) is 17.3 Å². The van der Waals surface area contributed by atoms with Crippen LogP contribution in [0.15, 0.2) is 77.3 Å². The zero-order valence-corrected chi connectivity index (χ0v) is 16.3. The quantitative estimate of drug-likeness (QED) is 0.497. The smallest absolute Gasteiger partial charge is 0.256 e. The molecule has 7 heteroatoms. The van der Waals surface area contributed by atoms with Crippen LogP contribution in [0.5, 0.6) is 11.5 Å². The molecule has 0 radical (unpaired) electrons. The lowest BCUT2D eigenvalue weighted by atomic mass is 10.1. The van der Waals surface area contributed by atoms with E-state index in [9.17, 15) is 9.18 Å². The number of rotatable bonds is 4. The van der Waals surface area contributed by atoms with Gasteiger partial charge in [-0.05, 0) is 36.4 Å². The third-order valence-electron chi connectivity index (χ3n) is 4.85. The molecule has 3 aromatic carbocycles. The van der Waals surface area contributed by atoms with Gasteiger partial charge in [0.15, 0.2) is 17.3 Å². The van der Waals surface area contributed by atoms with Crippen LogP contribution in [-0.2, 0) is 0 Å². The first kappa shape index (κ1) is 18.9. The Kier molecular flexibility index (Phi) is 4.84. The monoisotopic (exact) mass is 416 g/mol. The van der Waals surface area contributed by atoms with Crippen molar-refractivity contribution in [3.8, 4) is 34.3 Å². The summed E-state index contributed by atoms with van der Waals surface area (Å²) in [6.45, 7) is 0.957. The highest BCUT2D eigenvalue weighted by molar-refractivity contribution is 6.08. The minimum Gasteiger partial charge on any atom is -0.486 e. The van der Waals surface area contributed by atoms with Gasteiger partial charge in [-0.2, -0.15) is 0 Å². The lowest BCUT2D eigenvalue weighted by Crippen LogP contribution is -2.16. The van der Waals surface area contributed by atoms with E-state index >= 15 is 0 Å². The SMILES string of the molecule is O=C(Nc1ccc2c(c1)OCCO2)c1ccccc1-c1ncc(-c2ccccc2F)o1. The number of carbonyl (C=O) groups is 1. The molecule has 1 aliphatic heterocycles. The standard InChI is InChI=1S/C24H17FN2O4/c25-19-8-4-3-7-18(19)22-14-26-24(31-22)17-6-2-1-5-16(17)23(28)27-15-9-10-20-21(13-15)30-12-11-29-20/h1-10,13-14H,11-12H2,(H,27,28). The van der Waals surface area contributed by atoms with E-state index in [1.54, 1.807) is 60.7 Å². The Morgan fingerprint density at radius 2 is 1.65 bits per heavy atom. The van der Waals surface area contributed by atoms with E-state index in [1.165, 1.54) is 12.3 Å². The van der Waals surface area contributed by atoms with Gasteiger partial charge < -0.3 is 19.2 Å². The van der Waals surface area contributed by atoms with Crippen molar-refractivity contribution in [1.29, 1.82) is 0 Å². The van der Waals surface area contributed by atoms with Crippen molar-refractivity contribution in [3.63, 3.8) is 0 Å². The largest absolute Gasteiger partial charge is 0.486 e. The number of amides is 1. The number of nitrogens with one attached hydrogen (secondary N) is 1. The van der Waals surface area contributed by atoms with Crippen molar-refractivity contribution >= 4 is 11.6 Å². The first-order valence-corrected chi connectivity index (χ1v) is 9.70. The molecule has 4 aromatic rings. The molecule has 154 valence electrons. The molecule has 1 aromatic heterocycles. The summed E-state index contributed by atoms with van der Waals surface area (Å²) in [5.41, 5.74) is 1.75. The summed E-state index contributed by atoms with van der Waals surface area (Å²) in [4.78, 5) is 17.3. The fraction of sp³-hybridized carbons (Fsp3) is 0.0833. The Labute approximate surface area is 177 Å². The number of carbonyl (C=O) groups excluding carboxylic acids is 1. The van der Waals surface area contributed by atoms with Crippen LogP contribution in [0.2, 0.25) is 0 Å². The number of fused-ring (bicyclic) bond motifs is 1. The van der Waals surface area contributed by atoms with Crippen LogP contribution in [0, 0.1) is 5.82 Å². The maximum Gasteiger partial charge on any atom is 0.256 e. The topological polar surface area (TPSA) is 73.6 Å². The molecule has 5 rings (SSSR count). The minimum atomic E-state index is -0.408. The normalized spacial score (nSPS) is 12.4. The summed E-state index contributed by atoms with van der Waals surface area (Å²) in [5, 5.41) is 2.86. The Morgan fingerprint density at radius 1 is 0.903 bits per heavy atom. The molecule has 1 amide bonds. The molecule has 1 N–H and O–H groups in total. The maximum absolute atomic E-state index is 14.1. The molecule has 1 aliphatic rings. The van der Waals surface area contributed by atoms with Gasteiger partial charge in [-0.1, -0.05) is 24.3 Å². The Hall–Kier alpha value is -4.13. The molecule has 2 heterocycles. The lowest BCUT2D eigenvalue weighted by Gasteiger charge is -2.19. The molecule has 6 nitrogen and oxygen atoms in total. The van der Waals surface area contributed by atoms with Gasteiger partial charge in [0, 0.05) is 17.3 Å². The van der Waals surface area contributed by atoms with E-state index < -0.39 is 5.82 Å². The Morgan fingerprint density at radius 3 is 2.48 bits per heavy atom. The van der Waals surface area contributed by atoms with Gasteiger partial charge in [0.2, 0.25) is 5.89 Å². The molecule has 0 saturated heterocycles. The first-order chi connectivity index (χ1) is 15.2. The third kappa shape index (κ3) is 3.73. The van der Waals surface area contributed by atoms with Crippen LogP contribution in [0.25, 0.3) is 22.8 Å². The van der Waals surface area contributed by atoms with Gasteiger partial charge in [0.25, 0.3) is 5.91 Å². The van der Waals surface area contributed by atoms with Crippen LogP contribution in [0.4, 0.5) is 10.1 Å². The maximum atomic E-state index is 14.1. The molecule has 0 aliphatic carbocycles. The van der Waals surface area contributed by atoms with E-state index in [2.05, 4.69) is 10.3 Å². The number of anilines is 1. The molecular weight excluding hydrogens is 399 g/mol. The number of ether oxygens (including phenoxy) is 2. The highest BCUT2D eigenvalue weighted by atomic mass is 19.1. The molecular formula is C24H17FN2O4. The molecule has 0 bridgehead atoms. The Bertz CT molecular complexity index is 1270. The number of hydrogen-bond donors (Lipinski definition) is 1. The summed E-state index contributed by atoms with van der Waals surface area (Å²) in [6, 6.07) is 18.4. The number of halogens is 1. The van der Waals surface area contributed by atoms with Crippen LogP contribution in [0.1, 0.15) is 10.4 Å². The van der Waals surface area contributed by atoms with Crippen molar-refractivity contribution in [2.45, 2.75) is 0 Å². The fourth-order valence-corrected chi connectivity index (χ4v) is 3.37. The summed E-state index contributed by atoms with van der Waals surface area (Å²) in [5.74, 6) is 0.999. The van der Waals surface area contributed by atoms with Crippen molar-refractivity contribution in [1.82, 2.24) is 4.98 Å². The number of aromatic nitrogens is 1. The first-order valence-electron chi connectivity index (χ1n) is 9.70. The van der Waals surface area contributed by atoms with E-state index in [0.29, 0.717) is 47.1 Å². The summed E-state index contributed by atoms with van der Waals surface area (Å²) in [7, 11) is 0. The van der Waals surface area contributed by atoms with Crippen LogP contribution >= 0.6 is 0 Å². The summed E-state index contributed by atoms with van der Waals surface area (Å²) in [6.07, 6.45) is 1.45. The molecule has 0 unspecified atom stereocenters. The van der Waals surface area contributed by atoms with Crippen molar-refractivity contribution in [3.05, 3.63) is 84.3 Å². The van der Waals surface area contributed by atoms with Gasteiger partial charge in [-0.3, -0.25) is 4.79 Å². The molecule has 0 saturated carbocycles. The average molecular weight is 416 g/mol. The van der Waals surface area contributed by atoms with Crippen LogP contribution in [-0.4, -0.2) is 24.1 Å². The second-order valence-corrected chi connectivity index (χ2v) is 6.87. The molecule has 31 heavy (non-hydrogen) atoms. The van der Waals surface area contributed by atoms with Crippen LogP contribution in [0.3, 0.4) is 0 Å². The van der Waals surface area contributed by atoms with Gasteiger partial charge >= 0.3 is 0 Å². The number of hydrogen-bond acceptors (Lipinski definition) is 5. The molecule has 0 atom stereocenters. The van der Waals surface area contributed by atoms with Crippen molar-refractivity contribution < 1.29 is 23.1 Å². The zero-order chi connectivity index (χ0) is 21.2. The Balaban J connectivity index is 1.43. The van der Waals surface area contributed by atoms with Crippen molar-refractivity contribution in [2.75, 3.05) is 18.5 Å². The lowest BCUT2D eigenvalue weighted by molar-refractivity contribution is 0.102. The number of oxazole rings is 1. The van der Waals surface area contributed by atoms with E-state index in [-0.39, 0.29) is 17.6 Å². The number of benzene rings is 3.